The standard InChI is InChI=1S/C13H15ClN2O2/c1-4-17-11-5-9-10(15-7-16-13(9)14)6-12(11)18-8(2)3/h5-8H,4H2,1-3H3. The van der Waals surface area contributed by atoms with Crippen molar-refractivity contribution in [2.24, 2.45) is 0 Å². The van der Waals surface area contributed by atoms with Gasteiger partial charge in [-0.3, -0.25) is 0 Å². The molecule has 0 unspecified atom stereocenters. The SMILES string of the molecule is CCOc1cc2c(Cl)ncnc2cc1OC(C)C. The van der Waals surface area contributed by atoms with Crippen LogP contribution in [0.4, 0.5) is 0 Å². The van der Waals surface area contributed by atoms with Gasteiger partial charge in [0.25, 0.3) is 0 Å². The third-order valence-electron chi connectivity index (χ3n) is 2.31. The summed E-state index contributed by atoms with van der Waals surface area (Å²) in [5.41, 5.74) is 0.745. The van der Waals surface area contributed by atoms with Gasteiger partial charge in [0.05, 0.1) is 18.2 Å². The molecule has 1 aromatic carbocycles. The highest BCUT2D eigenvalue weighted by molar-refractivity contribution is 6.34. The van der Waals surface area contributed by atoms with Crippen molar-refractivity contribution in [3.05, 3.63) is 23.6 Å². The lowest BCUT2D eigenvalue weighted by Gasteiger charge is -2.15. The molecular weight excluding hydrogens is 252 g/mol. The summed E-state index contributed by atoms with van der Waals surface area (Å²) in [5, 5.41) is 1.18. The maximum atomic E-state index is 6.04. The Morgan fingerprint density at radius 3 is 2.67 bits per heavy atom. The van der Waals surface area contributed by atoms with E-state index in [2.05, 4.69) is 9.97 Å². The molecule has 0 radical (unpaired) electrons. The summed E-state index contributed by atoms with van der Waals surface area (Å²) in [7, 11) is 0. The molecule has 96 valence electrons. The molecule has 18 heavy (non-hydrogen) atoms. The molecule has 1 aromatic heterocycles. The number of nitrogens with zero attached hydrogens (tertiary/aromatic N) is 2. The molecule has 0 aliphatic heterocycles. The van der Waals surface area contributed by atoms with Crippen LogP contribution in [0.15, 0.2) is 18.5 Å². The van der Waals surface area contributed by atoms with Crippen molar-refractivity contribution in [3.63, 3.8) is 0 Å². The predicted molar refractivity (Wildman–Crippen MR) is 71.5 cm³/mol. The fourth-order valence-corrected chi connectivity index (χ4v) is 1.84. The Labute approximate surface area is 111 Å². The van der Waals surface area contributed by atoms with E-state index in [0.29, 0.717) is 23.3 Å². The van der Waals surface area contributed by atoms with E-state index in [1.165, 1.54) is 6.33 Å². The van der Waals surface area contributed by atoms with E-state index in [-0.39, 0.29) is 6.10 Å². The molecule has 0 amide bonds. The second kappa shape index (κ2) is 5.40. The van der Waals surface area contributed by atoms with Crippen LogP contribution in [0.25, 0.3) is 10.9 Å². The van der Waals surface area contributed by atoms with Crippen LogP contribution in [-0.4, -0.2) is 22.7 Å². The molecule has 0 saturated carbocycles. The molecule has 2 aromatic rings. The average Bonchev–Trinajstić information content (AvgIpc) is 2.30. The van der Waals surface area contributed by atoms with Crippen molar-refractivity contribution in [1.82, 2.24) is 9.97 Å². The number of halogens is 1. The van der Waals surface area contributed by atoms with Gasteiger partial charge in [-0.2, -0.15) is 0 Å². The van der Waals surface area contributed by atoms with Gasteiger partial charge in [0.1, 0.15) is 11.5 Å². The van der Waals surface area contributed by atoms with Gasteiger partial charge in [-0.25, -0.2) is 9.97 Å². The molecule has 2 rings (SSSR count). The van der Waals surface area contributed by atoms with Crippen LogP contribution < -0.4 is 9.47 Å². The van der Waals surface area contributed by atoms with E-state index >= 15 is 0 Å². The molecule has 0 atom stereocenters. The summed E-state index contributed by atoms with van der Waals surface area (Å²) in [4.78, 5) is 8.14. The maximum absolute atomic E-state index is 6.04. The third kappa shape index (κ3) is 2.64. The normalized spacial score (nSPS) is 10.9. The van der Waals surface area contributed by atoms with Crippen LogP contribution in [-0.2, 0) is 0 Å². The van der Waals surface area contributed by atoms with Crippen molar-refractivity contribution >= 4 is 22.5 Å². The predicted octanol–water partition coefficient (Wildman–Crippen LogP) is 3.47. The molecule has 1 heterocycles. The third-order valence-corrected chi connectivity index (χ3v) is 2.62. The highest BCUT2D eigenvalue weighted by atomic mass is 35.5. The molecule has 5 heteroatoms. The first-order valence-corrected chi connectivity index (χ1v) is 6.23. The highest BCUT2D eigenvalue weighted by Crippen LogP contribution is 2.34. The zero-order chi connectivity index (χ0) is 13.1. The van der Waals surface area contributed by atoms with Crippen LogP contribution in [0.5, 0.6) is 11.5 Å². The zero-order valence-electron chi connectivity index (χ0n) is 10.6. The minimum absolute atomic E-state index is 0.0685. The van der Waals surface area contributed by atoms with Gasteiger partial charge in [0.15, 0.2) is 11.5 Å². The van der Waals surface area contributed by atoms with Crippen molar-refractivity contribution < 1.29 is 9.47 Å². The minimum Gasteiger partial charge on any atom is -0.490 e. The monoisotopic (exact) mass is 266 g/mol. The van der Waals surface area contributed by atoms with E-state index in [4.69, 9.17) is 21.1 Å². The van der Waals surface area contributed by atoms with Crippen LogP contribution >= 0.6 is 11.6 Å². The van der Waals surface area contributed by atoms with Crippen LogP contribution in [0.1, 0.15) is 20.8 Å². The van der Waals surface area contributed by atoms with E-state index in [1.807, 2.05) is 32.9 Å². The van der Waals surface area contributed by atoms with Gasteiger partial charge in [-0.1, -0.05) is 11.6 Å². The summed E-state index contributed by atoms with van der Waals surface area (Å²) in [5.74, 6) is 1.34. The minimum atomic E-state index is 0.0685. The second-order valence-corrected chi connectivity index (χ2v) is 4.44. The Hall–Kier alpha value is -1.55. The Morgan fingerprint density at radius 1 is 1.22 bits per heavy atom. The Bertz CT molecular complexity index is 558. The number of hydrogen-bond donors (Lipinski definition) is 0. The first-order chi connectivity index (χ1) is 8.61. The molecule has 0 bridgehead atoms. The lowest BCUT2D eigenvalue weighted by Crippen LogP contribution is -2.07. The van der Waals surface area contributed by atoms with Gasteiger partial charge in [0.2, 0.25) is 0 Å². The maximum Gasteiger partial charge on any atom is 0.163 e. The molecule has 0 aliphatic carbocycles. The Kier molecular flexibility index (Phi) is 3.87. The summed E-state index contributed by atoms with van der Waals surface area (Å²) in [6.07, 6.45) is 1.50. The summed E-state index contributed by atoms with van der Waals surface area (Å²) in [6, 6.07) is 3.65. The number of ether oxygens (including phenoxy) is 2. The first kappa shape index (κ1) is 12.9. The average molecular weight is 267 g/mol. The lowest BCUT2D eigenvalue weighted by molar-refractivity contribution is 0.224. The van der Waals surface area contributed by atoms with Gasteiger partial charge < -0.3 is 9.47 Å². The molecular formula is C13H15ClN2O2. The van der Waals surface area contributed by atoms with Gasteiger partial charge in [-0.15, -0.1) is 0 Å². The van der Waals surface area contributed by atoms with Crippen molar-refractivity contribution in [3.8, 4) is 11.5 Å². The van der Waals surface area contributed by atoms with E-state index < -0.39 is 0 Å². The van der Waals surface area contributed by atoms with Crippen molar-refractivity contribution in [2.45, 2.75) is 26.9 Å². The fourth-order valence-electron chi connectivity index (χ4n) is 1.65. The lowest BCUT2D eigenvalue weighted by atomic mass is 10.2. The van der Waals surface area contributed by atoms with Gasteiger partial charge in [-0.05, 0) is 26.8 Å². The number of hydrogen-bond acceptors (Lipinski definition) is 4. The van der Waals surface area contributed by atoms with Crippen molar-refractivity contribution in [2.75, 3.05) is 6.61 Å². The molecule has 0 N–H and O–H groups in total. The smallest absolute Gasteiger partial charge is 0.163 e. The van der Waals surface area contributed by atoms with Crippen LogP contribution in [0.2, 0.25) is 5.15 Å². The van der Waals surface area contributed by atoms with Gasteiger partial charge in [0, 0.05) is 11.5 Å². The largest absolute Gasteiger partial charge is 0.490 e. The highest BCUT2D eigenvalue weighted by Gasteiger charge is 2.12. The summed E-state index contributed by atoms with van der Waals surface area (Å²) < 4.78 is 11.3. The number of rotatable bonds is 4. The van der Waals surface area contributed by atoms with Crippen molar-refractivity contribution in [1.29, 1.82) is 0 Å². The number of aromatic nitrogens is 2. The van der Waals surface area contributed by atoms with Crippen LogP contribution in [0, 0.1) is 0 Å². The first-order valence-electron chi connectivity index (χ1n) is 5.85. The number of benzene rings is 1. The van der Waals surface area contributed by atoms with E-state index in [9.17, 15) is 0 Å². The molecule has 0 fully saturated rings. The number of fused-ring (bicyclic) bond motifs is 1. The second-order valence-electron chi connectivity index (χ2n) is 4.08. The summed E-state index contributed by atoms with van der Waals surface area (Å²) >= 11 is 6.04. The summed E-state index contributed by atoms with van der Waals surface area (Å²) in [6.45, 7) is 6.41. The van der Waals surface area contributed by atoms with Gasteiger partial charge >= 0.3 is 0 Å². The molecule has 0 spiro atoms. The molecule has 0 aliphatic rings. The quantitative estimate of drug-likeness (QED) is 0.795. The van der Waals surface area contributed by atoms with E-state index in [0.717, 1.165) is 10.9 Å². The topological polar surface area (TPSA) is 44.2 Å². The molecule has 0 saturated heterocycles. The fraction of sp³-hybridized carbons (Fsp3) is 0.385. The zero-order valence-corrected chi connectivity index (χ0v) is 11.4. The van der Waals surface area contributed by atoms with E-state index in [1.54, 1.807) is 0 Å². The van der Waals surface area contributed by atoms with Crippen LogP contribution in [0.3, 0.4) is 0 Å². The Balaban J connectivity index is 2.57. The Morgan fingerprint density at radius 2 is 2.00 bits per heavy atom. The molecule has 4 nitrogen and oxygen atoms in total.